The molecule has 2 fully saturated rings. The minimum Gasteiger partial charge on any atom is -0.480 e. The van der Waals surface area contributed by atoms with E-state index in [-0.39, 0.29) is 23.0 Å². The van der Waals surface area contributed by atoms with Gasteiger partial charge >= 0.3 is 11.7 Å². The van der Waals surface area contributed by atoms with E-state index >= 15 is 0 Å². The van der Waals surface area contributed by atoms with Crippen LogP contribution in [-0.4, -0.2) is 48.1 Å². The standard InChI is InChI=1S/C31H39N5O5/c1-31(2,3)22-23(33-26-21-20(16-17-32-26)34(4)30(41)35(5)28(21)38)24(18-12-8-6-9-13-18)36(25(22)29(39)40)27(37)19-14-10-7-11-15-19/h6,8-9,12-13,16-17,19,22-25H,7,10-11,14-15H2,1-5H3,(H,32,33)(H,39,40)/t22-,23-,24-,25-/m0/s1. The Hall–Kier alpha value is -3.95. The highest BCUT2D eigenvalue weighted by atomic mass is 16.4. The van der Waals surface area contributed by atoms with Crippen molar-refractivity contribution in [3.05, 3.63) is 69.0 Å². The van der Waals surface area contributed by atoms with Crippen molar-refractivity contribution >= 4 is 28.6 Å². The lowest BCUT2D eigenvalue weighted by atomic mass is 9.72. The van der Waals surface area contributed by atoms with Crippen LogP contribution in [0.15, 0.2) is 52.2 Å². The maximum absolute atomic E-state index is 14.3. The smallest absolute Gasteiger partial charge is 0.330 e. The number of aryl methyl sites for hydroxylation is 1. The van der Waals surface area contributed by atoms with Crippen molar-refractivity contribution < 1.29 is 14.7 Å². The third-order valence-corrected chi connectivity index (χ3v) is 8.96. The number of carbonyl (C=O) groups is 2. The summed E-state index contributed by atoms with van der Waals surface area (Å²) >= 11 is 0. The quantitative estimate of drug-likeness (QED) is 0.487. The monoisotopic (exact) mass is 561 g/mol. The van der Waals surface area contributed by atoms with E-state index in [4.69, 9.17) is 0 Å². The van der Waals surface area contributed by atoms with Crippen LogP contribution in [0.5, 0.6) is 0 Å². The van der Waals surface area contributed by atoms with Gasteiger partial charge in [-0.25, -0.2) is 14.6 Å². The van der Waals surface area contributed by atoms with E-state index in [9.17, 15) is 24.3 Å². The number of aliphatic carboxylic acids is 1. The van der Waals surface area contributed by atoms with Crippen LogP contribution in [0.2, 0.25) is 0 Å². The van der Waals surface area contributed by atoms with Gasteiger partial charge in [-0.2, -0.15) is 0 Å². The van der Waals surface area contributed by atoms with Crippen molar-refractivity contribution in [1.29, 1.82) is 0 Å². The summed E-state index contributed by atoms with van der Waals surface area (Å²) in [7, 11) is 3.02. The third kappa shape index (κ3) is 4.93. The summed E-state index contributed by atoms with van der Waals surface area (Å²) in [6.07, 6.45) is 6.00. The summed E-state index contributed by atoms with van der Waals surface area (Å²) in [5.41, 5.74) is -0.261. The summed E-state index contributed by atoms with van der Waals surface area (Å²) in [5.74, 6) is -1.69. The van der Waals surface area contributed by atoms with Gasteiger partial charge in [-0.3, -0.25) is 18.7 Å². The number of nitrogens with one attached hydrogen (secondary N) is 1. The number of carboxylic acids is 1. The Morgan fingerprint density at radius 2 is 1.63 bits per heavy atom. The van der Waals surface area contributed by atoms with Crippen LogP contribution < -0.4 is 16.6 Å². The summed E-state index contributed by atoms with van der Waals surface area (Å²) < 4.78 is 2.44. The number of carbonyl (C=O) groups excluding carboxylic acids is 1. The van der Waals surface area contributed by atoms with Crippen molar-refractivity contribution in [3.8, 4) is 0 Å². The third-order valence-electron chi connectivity index (χ3n) is 8.96. The van der Waals surface area contributed by atoms with Gasteiger partial charge in [0.25, 0.3) is 5.56 Å². The lowest BCUT2D eigenvalue weighted by Gasteiger charge is -2.36. The molecule has 2 aliphatic rings. The first kappa shape index (κ1) is 28.6. The fourth-order valence-electron chi connectivity index (χ4n) is 7.01. The largest absolute Gasteiger partial charge is 0.480 e. The molecule has 218 valence electrons. The number of anilines is 1. The minimum atomic E-state index is -1.09. The molecule has 1 saturated carbocycles. The van der Waals surface area contributed by atoms with E-state index in [0.29, 0.717) is 5.52 Å². The maximum atomic E-state index is 14.3. The molecule has 4 atom stereocenters. The van der Waals surface area contributed by atoms with Crippen molar-refractivity contribution in [2.45, 2.75) is 71.0 Å². The van der Waals surface area contributed by atoms with E-state index in [1.54, 1.807) is 18.0 Å². The van der Waals surface area contributed by atoms with Crippen LogP contribution in [0.4, 0.5) is 5.82 Å². The van der Waals surface area contributed by atoms with E-state index in [0.717, 1.165) is 42.2 Å². The zero-order valence-electron chi connectivity index (χ0n) is 24.3. The number of hydrogen-bond acceptors (Lipinski definition) is 6. The number of aromatic nitrogens is 3. The number of benzene rings is 1. The van der Waals surface area contributed by atoms with Crippen molar-refractivity contribution in [1.82, 2.24) is 19.0 Å². The van der Waals surface area contributed by atoms with Crippen LogP contribution in [0, 0.1) is 17.3 Å². The first-order valence-corrected chi connectivity index (χ1v) is 14.3. The Morgan fingerprint density at radius 3 is 2.24 bits per heavy atom. The van der Waals surface area contributed by atoms with Crippen LogP contribution in [0.25, 0.3) is 10.9 Å². The zero-order chi connectivity index (χ0) is 29.6. The number of nitrogens with zero attached hydrogens (tertiary/aromatic N) is 4. The van der Waals surface area contributed by atoms with Gasteiger partial charge in [0, 0.05) is 32.1 Å². The highest BCUT2D eigenvalue weighted by Crippen LogP contribution is 2.50. The first-order valence-electron chi connectivity index (χ1n) is 14.3. The van der Waals surface area contributed by atoms with Gasteiger partial charge < -0.3 is 15.3 Å². The molecular formula is C31H39N5O5. The molecule has 1 aliphatic heterocycles. The summed E-state index contributed by atoms with van der Waals surface area (Å²) in [6, 6.07) is 8.82. The average Bonchev–Trinajstić information content (AvgIpc) is 3.31. The molecule has 1 amide bonds. The van der Waals surface area contributed by atoms with Gasteiger partial charge in [0.2, 0.25) is 5.91 Å². The predicted octanol–water partition coefficient (Wildman–Crippen LogP) is 3.69. The molecule has 2 aromatic heterocycles. The zero-order valence-corrected chi connectivity index (χ0v) is 24.3. The molecule has 10 heteroatoms. The lowest BCUT2D eigenvalue weighted by Crippen LogP contribution is -2.49. The van der Waals surface area contributed by atoms with Gasteiger partial charge in [-0.1, -0.05) is 70.4 Å². The SMILES string of the molecule is Cn1c(=O)c2c(N[C@H]3[C@H](C(C)(C)C)[C@@H](C(=O)O)N(C(=O)C4CCCCC4)[C@H]3c3ccccc3)nccc2n(C)c1=O. The van der Waals surface area contributed by atoms with Gasteiger partial charge in [-0.05, 0) is 29.9 Å². The Balaban J connectivity index is 1.74. The molecule has 1 saturated heterocycles. The maximum Gasteiger partial charge on any atom is 0.330 e. The number of pyridine rings is 1. The second-order valence-corrected chi connectivity index (χ2v) is 12.5. The minimum absolute atomic E-state index is 0.131. The molecule has 2 N–H and O–H groups in total. The van der Waals surface area contributed by atoms with Crippen LogP contribution >= 0.6 is 0 Å². The summed E-state index contributed by atoms with van der Waals surface area (Å²) in [5, 5.41) is 14.4. The lowest BCUT2D eigenvalue weighted by molar-refractivity contribution is -0.154. The van der Waals surface area contributed by atoms with Crippen LogP contribution in [0.1, 0.15) is 64.5 Å². The fourth-order valence-corrected chi connectivity index (χ4v) is 7.01. The number of likely N-dealkylation sites (tertiary alicyclic amines) is 1. The number of rotatable bonds is 5. The summed E-state index contributed by atoms with van der Waals surface area (Å²) in [6.45, 7) is 5.95. The molecular weight excluding hydrogens is 522 g/mol. The number of amides is 1. The molecule has 0 bridgehead atoms. The normalized spacial score (nSPS) is 23.6. The molecule has 3 aromatic rings. The molecule has 0 unspecified atom stereocenters. The van der Waals surface area contributed by atoms with Gasteiger partial charge in [0.15, 0.2) is 0 Å². The average molecular weight is 562 g/mol. The number of hydrogen-bond donors (Lipinski definition) is 2. The molecule has 41 heavy (non-hydrogen) atoms. The van der Waals surface area contributed by atoms with E-state index in [1.807, 2.05) is 51.1 Å². The molecule has 0 radical (unpaired) electrons. The molecule has 5 rings (SSSR count). The topological polar surface area (TPSA) is 127 Å². The molecule has 0 spiro atoms. The second-order valence-electron chi connectivity index (χ2n) is 12.5. The molecule has 1 aromatic carbocycles. The van der Waals surface area contributed by atoms with Crippen molar-refractivity contribution in [2.24, 2.45) is 31.3 Å². The number of fused-ring (bicyclic) bond motifs is 1. The Bertz CT molecular complexity index is 1580. The van der Waals surface area contributed by atoms with Crippen LogP contribution in [0.3, 0.4) is 0 Å². The van der Waals surface area contributed by atoms with Gasteiger partial charge in [-0.15, -0.1) is 0 Å². The van der Waals surface area contributed by atoms with Gasteiger partial charge in [0.1, 0.15) is 17.2 Å². The Labute approximate surface area is 239 Å². The molecule has 10 nitrogen and oxygen atoms in total. The van der Waals surface area contributed by atoms with Crippen molar-refractivity contribution in [2.75, 3.05) is 5.32 Å². The second kappa shape index (κ2) is 10.8. The highest BCUT2D eigenvalue weighted by Gasteiger charge is 2.58. The molecule has 3 heterocycles. The fraction of sp³-hybridized carbons (Fsp3) is 0.516. The van der Waals surface area contributed by atoms with E-state index < -0.39 is 46.7 Å². The predicted molar refractivity (Wildman–Crippen MR) is 157 cm³/mol. The van der Waals surface area contributed by atoms with Crippen LogP contribution in [-0.2, 0) is 23.7 Å². The summed E-state index contributed by atoms with van der Waals surface area (Å²) in [4.78, 5) is 59.6. The Kier molecular flexibility index (Phi) is 7.52. The highest BCUT2D eigenvalue weighted by molar-refractivity contribution is 5.90. The first-order chi connectivity index (χ1) is 19.4. The Morgan fingerprint density at radius 1 is 0.976 bits per heavy atom. The van der Waals surface area contributed by atoms with Crippen molar-refractivity contribution in [3.63, 3.8) is 0 Å². The molecule has 1 aliphatic carbocycles. The van der Waals surface area contributed by atoms with Gasteiger partial charge in [0.05, 0.1) is 17.6 Å². The van der Waals surface area contributed by atoms with E-state index in [1.165, 1.54) is 17.8 Å². The number of carboxylic acid groups (broad SMARTS) is 1. The van der Waals surface area contributed by atoms with E-state index in [2.05, 4.69) is 10.3 Å².